The second-order valence-electron chi connectivity index (χ2n) is 3.61. The lowest BCUT2D eigenvalue weighted by Gasteiger charge is -2.14. The van der Waals surface area contributed by atoms with Crippen molar-refractivity contribution in [2.24, 2.45) is 10.9 Å². The second-order valence-corrected chi connectivity index (χ2v) is 4.05. The highest BCUT2D eigenvalue weighted by Gasteiger charge is 2.10. The lowest BCUT2D eigenvalue weighted by molar-refractivity contribution is -0.120. The number of nitrogens with zero attached hydrogens (tertiary/aromatic N) is 1. The highest BCUT2D eigenvalue weighted by atomic mass is 35.5. The van der Waals surface area contributed by atoms with E-state index in [-0.39, 0.29) is 24.2 Å². The number of benzene rings is 1. The van der Waals surface area contributed by atoms with Gasteiger partial charge in [0.15, 0.2) is 0 Å². The van der Waals surface area contributed by atoms with Crippen molar-refractivity contribution in [3.63, 3.8) is 0 Å². The SMILES string of the molecule is CC(NC(=O)C/C(N)=N/O)c1ccc(Cl)cc1. The van der Waals surface area contributed by atoms with Gasteiger partial charge in [-0.05, 0) is 24.6 Å². The largest absolute Gasteiger partial charge is 0.409 e. The van der Waals surface area contributed by atoms with Gasteiger partial charge in [0.25, 0.3) is 0 Å². The van der Waals surface area contributed by atoms with Gasteiger partial charge in [0.05, 0.1) is 12.5 Å². The number of halogens is 1. The van der Waals surface area contributed by atoms with Crippen LogP contribution in [-0.2, 0) is 4.79 Å². The van der Waals surface area contributed by atoms with Gasteiger partial charge >= 0.3 is 0 Å². The molecule has 1 amide bonds. The van der Waals surface area contributed by atoms with Gasteiger partial charge in [0, 0.05) is 5.02 Å². The predicted molar refractivity (Wildman–Crippen MR) is 66.0 cm³/mol. The normalized spacial score (nSPS) is 13.2. The molecule has 0 aliphatic carbocycles. The van der Waals surface area contributed by atoms with Gasteiger partial charge in [0.2, 0.25) is 5.91 Å². The summed E-state index contributed by atoms with van der Waals surface area (Å²) in [6, 6.07) is 7.01. The number of amides is 1. The first kappa shape index (κ1) is 13.3. The van der Waals surface area contributed by atoms with Crippen molar-refractivity contribution in [1.29, 1.82) is 0 Å². The van der Waals surface area contributed by atoms with Crippen LogP contribution in [-0.4, -0.2) is 17.0 Å². The summed E-state index contributed by atoms with van der Waals surface area (Å²) in [5.41, 5.74) is 6.16. The number of nitrogens with two attached hydrogens (primary N) is 1. The van der Waals surface area contributed by atoms with Crippen LogP contribution < -0.4 is 11.1 Å². The number of carbonyl (C=O) groups is 1. The number of hydrogen-bond donors (Lipinski definition) is 3. The number of oxime groups is 1. The topological polar surface area (TPSA) is 87.7 Å². The van der Waals surface area contributed by atoms with Gasteiger partial charge < -0.3 is 16.3 Å². The summed E-state index contributed by atoms with van der Waals surface area (Å²) in [4.78, 5) is 11.5. The third-order valence-corrected chi connectivity index (χ3v) is 2.47. The van der Waals surface area contributed by atoms with Crippen molar-refractivity contribution in [2.75, 3.05) is 0 Å². The maximum Gasteiger partial charge on any atom is 0.228 e. The quantitative estimate of drug-likeness (QED) is 0.331. The summed E-state index contributed by atoms with van der Waals surface area (Å²) in [6.45, 7) is 1.84. The number of nitrogens with one attached hydrogen (secondary N) is 1. The molecule has 1 atom stereocenters. The molecule has 0 fully saturated rings. The standard InChI is InChI=1S/C11H14ClN3O2/c1-7(8-2-4-9(12)5-3-8)14-11(16)6-10(13)15-17/h2-5,7,17H,6H2,1H3,(H2,13,15)(H,14,16). The molecule has 17 heavy (non-hydrogen) atoms. The summed E-state index contributed by atoms with van der Waals surface area (Å²) in [5, 5.41) is 14.4. The van der Waals surface area contributed by atoms with Gasteiger partial charge in [0.1, 0.15) is 5.84 Å². The third-order valence-electron chi connectivity index (χ3n) is 2.22. The fraction of sp³-hybridized carbons (Fsp3) is 0.273. The molecule has 0 saturated carbocycles. The van der Waals surface area contributed by atoms with Crippen molar-refractivity contribution in [3.8, 4) is 0 Å². The molecule has 1 aromatic carbocycles. The van der Waals surface area contributed by atoms with Crippen molar-refractivity contribution in [1.82, 2.24) is 5.32 Å². The first-order chi connectivity index (χ1) is 8.02. The van der Waals surface area contributed by atoms with E-state index in [1.54, 1.807) is 12.1 Å². The highest BCUT2D eigenvalue weighted by Crippen LogP contribution is 2.15. The Morgan fingerprint density at radius 2 is 2.12 bits per heavy atom. The molecule has 0 spiro atoms. The zero-order valence-corrected chi connectivity index (χ0v) is 10.1. The molecule has 0 aliphatic heterocycles. The van der Waals surface area contributed by atoms with E-state index in [0.29, 0.717) is 5.02 Å². The van der Waals surface area contributed by atoms with E-state index in [0.717, 1.165) is 5.56 Å². The average molecular weight is 256 g/mol. The van der Waals surface area contributed by atoms with Gasteiger partial charge in [-0.3, -0.25) is 4.79 Å². The smallest absolute Gasteiger partial charge is 0.228 e. The van der Waals surface area contributed by atoms with E-state index in [1.807, 2.05) is 19.1 Å². The van der Waals surface area contributed by atoms with Crippen LogP contribution in [0.5, 0.6) is 0 Å². The minimum atomic E-state index is -0.303. The fourth-order valence-electron chi connectivity index (χ4n) is 1.33. The Labute approximate surface area is 104 Å². The van der Waals surface area contributed by atoms with Crippen molar-refractivity contribution in [2.45, 2.75) is 19.4 Å². The second kappa shape index (κ2) is 6.10. The Hall–Kier alpha value is -1.75. The maximum atomic E-state index is 11.5. The average Bonchev–Trinajstić information content (AvgIpc) is 2.29. The Morgan fingerprint density at radius 3 is 2.65 bits per heavy atom. The summed E-state index contributed by atoms with van der Waals surface area (Å²) in [5.74, 6) is -0.423. The molecule has 0 radical (unpaired) electrons. The zero-order valence-electron chi connectivity index (χ0n) is 9.35. The summed E-state index contributed by atoms with van der Waals surface area (Å²) in [6.07, 6.45) is -0.131. The van der Waals surface area contributed by atoms with E-state index in [4.69, 9.17) is 22.5 Å². The summed E-state index contributed by atoms with van der Waals surface area (Å²) < 4.78 is 0. The lowest BCUT2D eigenvalue weighted by atomic mass is 10.1. The molecule has 0 aliphatic rings. The number of rotatable bonds is 4. The minimum absolute atomic E-state index is 0.120. The Kier molecular flexibility index (Phi) is 4.78. The van der Waals surface area contributed by atoms with Crippen LogP contribution in [0.25, 0.3) is 0 Å². The molecule has 92 valence electrons. The first-order valence-electron chi connectivity index (χ1n) is 5.04. The summed E-state index contributed by atoms with van der Waals surface area (Å²) >= 11 is 5.76. The van der Waals surface area contributed by atoms with Crippen molar-refractivity contribution >= 4 is 23.3 Å². The molecule has 6 heteroatoms. The molecule has 4 N–H and O–H groups in total. The predicted octanol–water partition coefficient (Wildman–Crippen LogP) is 1.65. The Morgan fingerprint density at radius 1 is 1.53 bits per heavy atom. The Bertz CT molecular complexity index is 417. The molecular weight excluding hydrogens is 242 g/mol. The zero-order chi connectivity index (χ0) is 12.8. The highest BCUT2D eigenvalue weighted by molar-refractivity contribution is 6.30. The molecule has 0 aromatic heterocycles. The van der Waals surface area contributed by atoms with Gasteiger partial charge in [-0.2, -0.15) is 0 Å². The van der Waals surface area contributed by atoms with E-state index < -0.39 is 0 Å². The molecule has 1 aromatic rings. The van der Waals surface area contributed by atoms with Gasteiger partial charge in [-0.25, -0.2) is 0 Å². The van der Waals surface area contributed by atoms with Crippen molar-refractivity contribution < 1.29 is 10.0 Å². The molecule has 0 heterocycles. The summed E-state index contributed by atoms with van der Waals surface area (Å²) in [7, 11) is 0. The van der Waals surface area contributed by atoms with Gasteiger partial charge in [-0.1, -0.05) is 28.9 Å². The van der Waals surface area contributed by atoms with Crippen LogP contribution in [0.1, 0.15) is 24.9 Å². The lowest BCUT2D eigenvalue weighted by Crippen LogP contribution is -2.30. The molecule has 0 saturated heterocycles. The van der Waals surface area contributed by atoms with Crippen LogP contribution in [0.3, 0.4) is 0 Å². The minimum Gasteiger partial charge on any atom is -0.409 e. The molecule has 1 rings (SSSR count). The fourth-order valence-corrected chi connectivity index (χ4v) is 1.45. The van der Waals surface area contributed by atoms with Crippen LogP contribution in [0.4, 0.5) is 0 Å². The number of amidine groups is 1. The molecule has 5 nitrogen and oxygen atoms in total. The Balaban J connectivity index is 2.57. The molecule has 0 bridgehead atoms. The van der Waals surface area contributed by atoms with Crippen LogP contribution in [0, 0.1) is 0 Å². The maximum absolute atomic E-state index is 11.5. The van der Waals surface area contributed by atoms with E-state index in [2.05, 4.69) is 10.5 Å². The van der Waals surface area contributed by atoms with Crippen LogP contribution in [0.2, 0.25) is 5.02 Å². The molecular formula is C11H14ClN3O2. The van der Waals surface area contributed by atoms with E-state index in [9.17, 15) is 4.79 Å². The number of hydrogen-bond acceptors (Lipinski definition) is 3. The van der Waals surface area contributed by atoms with Crippen LogP contribution >= 0.6 is 11.6 Å². The third kappa shape index (κ3) is 4.32. The monoisotopic (exact) mass is 255 g/mol. The first-order valence-corrected chi connectivity index (χ1v) is 5.42. The van der Waals surface area contributed by atoms with Gasteiger partial charge in [-0.15, -0.1) is 0 Å². The van der Waals surface area contributed by atoms with E-state index in [1.165, 1.54) is 0 Å². The van der Waals surface area contributed by atoms with Crippen LogP contribution in [0.15, 0.2) is 29.4 Å². The number of carbonyl (C=O) groups excluding carboxylic acids is 1. The molecule has 1 unspecified atom stereocenters. The van der Waals surface area contributed by atoms with E-state index >= 15 is 0 Å². The van der Waals surface area contributed by atoms with Crippen molar-refractivity contribution in [3.05, 3.63) is 34.9 Å².